The molecule has 11 heteroatoms. The van der Waals surface area contributed by atoms with Gasteiger partial charge in [0.1, 0.15) is 18.3 Å². The van der Waals surface area contributed by atoms with Crippen LogP contribution in [0.4, 0.5) is 5.69 Å². The second-order valence-corrected chi connectivity index (χ2v) is 14.5. The smallest absolute Gasteiger partial charge is 0.264 e. The number of sulfonamides is 1. The topological polar surface area (TPSA) is 96.0 Å². The molecule has 0 saturated heterocycles. The minimum atomic E-state index is -4.26. The third-order valence-corrected chi connectivity index (χ3v) is 10.9. The number of nitrogens with zero attached hydrogens (tertiary/aromatic N) is 2. The van der Waals surface area contributed by atoms with E-state index in [1.807, 2.05) is 30.3 Å². The highest BCUT2D eigenvalue weighted by Crippen LogP contribution is 2.32. The molecule has 0 radical (unpaired) electrons. The van der Waals surface area contributed by atoms with Gasteiger partial charge in [-0.3, -0.25) is 13.9 Å². The predicted molar refractivity (Wildman–Crippen MR) is 190 cm³/mol. The normalized spacial score (nSPS) is 14.1. The highest BCUT2D eigenvalue weighted by Gasteiger charge is 2.35. The minimum absolute atomic E-state index is 0.00451. The zero-order valence-corrected chi connectivity index (χ0v) is 29.1. The SMILES string of the molecule is COc1ccc(N(CC(=O)N(Cc2ccc(Cl)cc2)C(Cc2ccccc2)C(=O)NC2CCCCC2)S(=O)(=O)c2ccccc2)cc1Cl. The van der Waals surface area contributed by atoms with Gasteiger partial charge in [0.2, 0.25) is 11.8 Å². The lowest BCUT2D eigenvalue weighted by molar-refractivity contribution is -0.140. The summed E-state index contributed by atoms with van der Waals surface area (Å²) < 4.78 is 34.7. The van der Waals surface area contributed by atoms with Gasteiger partial charge < -0.3 is 15.0 Å². The lowest BCUT2D eigenvalue weighted by atomic mass is 9.94. The molecule has 1 aliphatic carbocycles. The number of ether oxygens (including phenoxy) is 1. The first kappa shape index (κ1) is 35.3. The van der Waals surface area contributed by atoms with Crippen molar-refractivity contribution in [3.63, 3.8) is 0 Å². The van der Waals surface area contributed by atoms with Gasteiger partial charge in [0.05, 0.1) is 22.7 Å². The fourth-order valence-corrected chi connectivity index (χ4v) is 7.75. The van der Waals surface area contributed by atoms with Crippen LogP contribution in [0.5, 0.6) is 5.75 Å². The van der Waals surface area contributed by atoms with Crippen LogP contribution in [0.3, 0.4) is 0 Å². The molecular weight excluding hydrogens is 669 g/mol. The second kappa shape index (κ2) is 16.4. The van der Waals surface area contributed by atoms with Gasteiger partial charge >= 0.3 is 0 Å². The molecule has 1 aliphatic rings. The summed E-state index contributed by atoms with van der Waals surface area (Å²) in [6.07, 6.45) is 5.16. The number of carbonyl (C=O) groups is 2. The summed E-state index contributed by atoms with van der Waals surface area (Å²) >= 11 is 12.6. The Hall–Kier alpha value is -4.05. The Balaban J connectivity index is 1.57. The Morgan fingerprint density at radius 1 is 0.854 bits per heavy atom. The van der Waals surface area contributed by atoms with Crippen LogP contribution in [0.25, 0.3) is 0 Å². The van der Waals surface area contributed by atoms with Crippen LogP contribution in [-0.2, 0) is 32.6 Å². The fourth-order valence-electron chi connectivity index (χ4n) is 5.94. The lowest BCUT2D eigenvalue weighted by Crippen LogP contribution is -2.55. The highest BCUT2D eigenvalue weighted by atomic mass is 35.5. The number of carbonyl (C=O) groups excluding carboxylic acids is 2. The van der Waals surface area contributed by atoms with Crippen LogP contribution < -0.4 is 14.4 Å². The molecule has 1 fully saturated rings. The molecule has 0 aromatic heterocycles. The quantitative estimate of drug-likeness (QED) is 0.158. The zero-order valence-electron chi connectivity index (χ0n) is 26.7. The van der Waals surface area contributed by atoms with Crippen LogP contribution in [0.1, 0.15) is 43.2 Å². The first-order valence-electron chi connectivity index (χ1n) is 16.0. The van der Waals surface area contributed by atoms with Crippen LogP contribution in [0.15, 0.2) is 108 Å². The number of nitrogens with one attached hydrogen (secondary N) is 1. The molecule has 0 bridgehead atoms. The number of benzene rings is 4. The highest BCUT2D eigenvalue weighted by molar-refractivity contribution is 7.92. The zero-order chi connectivity index (χ0) is 34.1. The summed E-state index contributed by atoms with van der Waals surface area (Å²) in [7, 11) is -2.80. The average molecular weight is 709 g/mol. The van der Waals surface area contributed by atoms with E-state index < -0.39 is 28.5 Å². The van der Waals surface area contributed by atoms with Crippen molar-refractivity contribution in [2.45, 2.75) is 62.0 Å². The maximum absolute atomic E-state index is 14.7. The largest absolute Gasteiger partial charge is 0.495 e. The van der Waals surface area contributed by atoms with Gasteiger partial charge in [0, 0.05) is 24.0 Å². The molecule has 1 saturated carbocycles. The van der Waals surface area contributed by atoms with Crippen molar-refractivity contribution < 1.29 is 22.7 Å². The van der Waals surface area contributed by atoms with Gasteiger partial charge in [-0.05, 0) is 66.4 Å². The molecule has 0 heterocycles. The molecule has 48 heavy (non-hydrogen) atoms. The van der Waals surface area contributed by atoms with Crippen molar-refractivity contribution >= 4 is 50.7 Å². The minimum Gasteiger partial charge on any atom is -0.495 e. The summed E-state index contributed by atoms with van der Waals surface area (Å²) in [6, 6.07) is 28.0. The summed E-state index contributed by atoms with van der Waals surface area (Å²) in [5.74, 6) is -0.482. The van der Waals surface area contributed by atoms with E-state index in [2.05, 4.69) is 5.32 Å². The van der Waals surface area contributed by atoms with E-state index in [-0.39, 0.29) is 40.5 Å². The first-order chi connectivity index (χ1) is 23.2. The van der Waals surface area contributed by atoms with E-state index in [1.54, 1.807) is 54.6 Å². The molecule has 0 aliphatic heterocycles. The Morgan fingerprint density at radius 2 is 1.50 bits per heavy atom. The van der Waals surface area contributed by atoms with Crippen LogP contribution >= 0.6 is 23.2 Å². The molecule has 4 aromatic carbocycles. The van der Waals surface area contributed by atoms with Gasteiger partial charge in [-0.15, -0.1) is 0 Å². The van der Waals surface area contributed by atoms with Crippen LogP contribution in [0.2, 0.25) is 10.0 Å². The van der Waals surface area contributed by atoms with E-state index in [9.17, 15) is 18.0 Å². The summed E-state index contributed by atoms with van der Waals surface area (Å²) in [4.78, 5) is 30.4. The molecule has 1 unspecified atom stereocenters. The first-order valence-corrected chi connectivity index (χ1v) is 18.1. The van der Waals surface area contributed by atoms with E-state index >= 15 is 0 Å². The number of hydrogen-bond donors (Lipinski definition) is 1. The van der Waals surface area contributed by atoms with E-state index in [0.29, 0.717) is 10.8 Å². The summed E-state index contributed by atoms with van der Waals surface area (Å²) in [5.41, 5.74) is 1.78. The molecule has 0 spiro atoms. The Kier molecular flexibility index (Phi) is 12.0. The number of halogens is 2. The summed E-state index contributed by atoms with van der Waals surface area (Å²) in [5, 5.41) is 3.93. The van der Waals surface area contributed by atoms with Gasteiger partial charge in [-0.2, -0.15) is 0 Å². The molecule has 4 aromatic rings. The van der Waals surface area contributed by atoms with Gasteiger partial charge in [-0.1, -0.05) is 103 Å². The van der Waals surface area contributed by atoms with Crippen molar-refractivity contribution in [2.75, 3.05) is 18.0 Å². The monoisotopic (exact) mass is 707 g/mol. The second-order valence-electron chi connectivity index (χ2n) is 11.8. The van der Waals surface area contributed by atoms with Crippen molar-refractivity contribution in [1.29, 1.82) is 0 Å². The Morgan fingerprint density at radius 3 is 2.12 bits per heavy atom. The van der Waals surface area contributed by atoms with E-state index in [4.69, 9.17) is 27.9 Å². The number of hydrogen-bond acceptors (Lipinski definition) is 5. The van der Waals surface area contributed by atoms with Crippen molar-refractivity contribution in [2.24, 2.45) is 0 Å². The molecule has 1 N–H and O–H groups in total. The standard InChI is InChI=1S/C37H39Cl2N3O5S/c1-47-35-22-21-31(24-33(35)39)42(48(45,46)32-15-9-4-10-16-32)26-36(43)41(25-28-17-19-29(38)20-18-28)34(23-27-11-5-2-6-12-27)37(44)40-30-13-7-3-8-14-30/h2,4-6,9-12,15-22,24,30,34H,3,7-8,13-14,23,25-26H2,1H3,(H,40,44). The van der Waals surface area contributed by atoms with Crippen molar-refractivity contribution in [3.05, 3.63) is 124 Å². The van der Waals surface area contributed by atoms with E-state index in [1.165, 1.54) is 30.2 Å². The predicted octanol–water partition coefficient (Wildman–Crippen LogP) is 7.29. The van der Waals surface area contributed by atoms with Crippen LogP contribution in [0, 0.1) is 0 Å². The summed E-state index contributed by atoms with van der Waals surface area (Å²) in [6.45, 7) is -0.538. The van der Waals surface area contributed by atoms with Gasteiger partial charge in [0.15, 0.2) is 0 Å². The maximum atomic E-state index is 14.7. The van der Waals surface area contributed by atoms with E-state index in [0.717, 1.165) is 47.5 Å². The fraction of sp³-hybridized carbons (Fsp3) is 0.297. The molecule has 1 atom stereocenters. The van der Waals surface area contributed by atoms with Gasteiger partial charge in [-0.25, -0.2) is 8.42 Å². The number of rotatable bonds is 13. The molecule has 252 valence electrons. The van der Waals surface area contributed by atoms with Crippen molar-refractivity contribution in [3.8, 4) is 5.75 Å². The third kappa shape index (κ3) is 8.89. The average Bonchev–Trinajstić information content (AvgIpc) is 3.10. The molecule has 5 rings (SSSR count). The maximum Gasteiger partial charge on any atom is 0.264 e. The Labute approximate surface area is 292 Å². The van der Waals surface area contributed by atoms with Crippen molar-refractivity contribution in [1.82, 2.24) is 10.2 Å². The molecule has 2 amide bonds. The number of methoxy groups -OCH3 is 1. The Bertz CT molecular complexity index is 1790. The molecular formula is C37H39Cl2N3O5S. The molecule has 8 nitrogen and oxygen atoms in total. The lowest BCUT2D eigenvalue weighted by Gasteiger charge is -2.35. The van der Waals surface area contributed by atoms with Gasteiger partial charge in [0.25, 0.3) is 10.0 Å². The number of anilines is 1. The van der Waals surface area contributed by atoms with Crippen LogP contribution in [-0.4, -0.2) is 50.9 Å². The third-order valence-electron chi connectivity index (χ3n) is 8.52. The number of amides is 2.